The molecule has 11 heteroatoms. The van der Waals surface area contributed by atoms with Crippen molar-refractivity contribution in [1.29, 1.82) is 5.41 Å². The number of carbonyl (C=O) groups excluding carboxylic acids is 1. The van der Waals surface area contributed by atoms with Gasteiger partial charge in [-0.15, -0.1) is 0 Å². The Kier molecular flexibility index (Phi) is 4.20. The molecule has 1 aromatic carbocycles. The molecule has 1 saturated heterocycles. The lowest BCUT2D eigenvalue weighted by Crippen LogP contribution is -2.29. The molecule has 0 saturated carbocycles. The number of aromatic carboxylic acids is 1. The molecular weight excluding hydrogens is 386 g/mol. The van der Waals surface area contributed by atoms with Gasteiger partial charge < -0.3 is 15.3 Å². The molecule has 0 bridgehead atoms. The second-order valence-electron chi connectivity index (χ2n) is 5.62. The van der Waals surface area contributed by atoms with E-state index >= 15 is 0 Å². The van der Waals surface area contributed by atoms with E-state index < -0.39 is 11.9 Å². The van der Waals surface area contributed by atoms with Gasteiger partial charge in [0.05, 0.1) is 10.5 Å². The van der Waals surface area contributed by atoms with Crippen molar-refractivity contribution in [2.75, 3.05) is 10.6 Å². The van der Waals surface area contributed by atoms with Crippen LogP contribution in [0.3, 0.4) is 0 Å². The smallest absolute Gasteiger partial charge is 0.335 e. The molecule has 0 unspecified atom stereocenters. The maximum atomic E-state index is 12.6. The first-order valence-corrected chi connectivity index (χ1v) is 8.60. The number of thioether (sulfide) groups is 1. The van der Waals surface area contributed by atoms with E-state index in [4.69, 9.17) is 20.7 Å². The number of nitrogens with zero attached hydrogens (tertiary/aromatic N) is 3. The van der Waals surface area contributed by atoms with E-state index in [0.29, 0.717) is 17.1 Å². The van der Waals surface area contributed by atoms with Gasteiger partial charge in [0.2, 0.25) is 11.6 Å². The molecule has 4 N–H and O–H groups in total. The molecule has 28 heavy (non-hydrogen) atoms. The SMILES string of the molecule is N=C1SC(=Cc2ccc(-c3cccc(C(=O)O)c3)o2)C(=O)N1c1nonc1N. The number of benzene rings is 1. The third-order valence-corrected chi connectivity index (χ3v) is 4.71. The monoisotopic (exact) mass is 397 g/mol. The number of nitrogen functional groups attached to an aromatic ring is 1. The second kappa shape index (κ2) is 6.70. The minimum atomic E-state index is -1.04. The zero-order valence-electron chi connectivity index (χ0n) is 13.9. The van der Waals surface area contributed by atoms with Crippen LogP contribution in [0.25, 0.3) is 17.4 Å². The Morgan fingerprint density at radius 3 is 2.82 bits per heavy atom. The number of carboxylic acids is 1. The topological polar surface area (TPSA) is 160 Å². The van der Waals surface area contributed by atoms with Crippen molar-refractivity contribution in [3.63, 3.8) is 0 Å². The Morgan fingerprint density at radius 1 is 1.29 bits per heavy atom. The summed E-state index contributed by atoms with van der Waals surface area (Å²) in [6.07, 6.45) is 1.48. The van der Waals surface area contributed by atoms with Crippen LogP contribution in [0.4, 0.5) is 11.6 Å². The third kappa shape index (κ3) is 3.03. The maximum absolute atomic E-state index is 12.6. The Balaban J connectivity index is 1.62. The number of aromatic nitrogens is 2. The van der Waals surface area contributed by atoms with Crippen LogP contribution in [0.2, 0.25) is 0 Å². The maximum Gasteiger partial charge on any atom is 0.335 e. The Morgan fingerprint density at radius 2 is 2.11 bits per heavy atom. The highest BCUT2D eigenvalue weighted by Crippen LogP contribution is 2.36. The quantitative estimate of drug-likeness (QED) is 0.562. The van der Waals surface area contributed by atoms with Gasteiger partial charge in [-0.25, -0.2) is 14.3 Å². The van der Waals surface area contributed by atoms with Crippen LogP contribution >= 0.6 is 11.8 Å². The summed E-state index contributed by atoms with van der Waals surface area (Å²) in [5.41, 5.74) is 6.32. The lowest BCUT2D eigenvalue weighted by molar-refractivity contribution is -0.113. The van der Waals surface area contributed by atoms with Gasteiger partial charge in [0.15, 0.2) is 5.17 Å². The first-order chi connectivity index (χ1) is 13.4. The van der Waals surface area contributed by atoms with Gasteiger partial charge in [-0.3, -0.25) is 10.2 Å². The van der Waals surface area contributed by atoms with Gasteiger partial charge in [-0.2, -0.15) is 0 Å². The summed E-state index contributed by atoms with van der Waals surface area (Å²) >= 11 is 0.913. The van der Waals surface area contributed by atoms with E-state index in [1.165, 1.54) is 18.2 Å². The molecule has 0 radical (unpaired) electrons. The van der Waals surface area contributed by atoms with E-state index in [1.54, 1.807) is 24.3 Å². The van der Waals surface area contributed by atoms with Crippen LogP contribution in [-0.4, -0.2) is 32.5 Å². The lowest BCUT2D eigenvalue weighted by atomic mass is 10.1. The van der Waals surface area contributed by atoms with Crippen molar-refractivity contribution in [3.05, 3.63) is 52.6 Å². The van der Waals surface area contributed by atoms with E-state index in [0.717, 1.165) is 16.7 Å². The Bertz CT molecular complexity index is 1150. The number of nitrogens with one attached hydrogen (secondary N) is 1. The molecule has 1 aliphatic heterocycles. The van der Waals surface area contributed by atoms with Crippen LogP contribution in [0.5, 0.6) is 0 Å². The second-order valence-corrected chi connectivity index (χ2v) is 6.65. The summed E-state index contributed by atoms with van der Waals surface area (Å²) in [7, 11) is 0. The van der Waals surface area contributed by atoms with Crippen LogP contribution in [-0.2, 0) is 4.79 Å². The van der Waals surface area contributed by atoms with E-state index in [-0.39, 0.29) is 27.3 Å². The normalized spacial score (nSPS) is 15.6. The lowest BCUT2D eigenvalue weighted by Gasteiger charge is -2.08. The van der Waals surface area contributed by atoms with Crippen molar-refractivity contribution in [1.82, 2.24) is 10.3 Å². The molecule has 3 heterocycles. The Labute approximate surface area is 161 Å². The molecule has 0 atom stereocenters. The number of carbonyl (C=O) groups is 2. The highest BCUT2D eigenvalue weighted by Gasteiger charge is 2.37. The average molecular weight is 397 g/mol. The van der Waals surface area contributed by atoms with Gasteiger partial charge in [-0.1, -0.05) is 12.1 Å². The predicted molar refractivity (Wildman–Crippen MR) is 101 cm³/mol. The largest absolute Gasteiger partial charge is 0.478 e. The van der Waals surface area contributed by atoms with Gasteiger partial charge in [0, 0.05) is 11.6 Å². The van der Waals surface area contributed by atoms with Crippen molar-refractivity contribution < 1.29 is 23.7 Å². The molecule has 1 amide bonds. The zero-order chi connectivity index (χ0) is 19.8. The van der Waals surface area contributed by atoms with E-state index in [2.05, 4.69) is 14.9 Å². The summed E-state index contributed by atoms with van der Waals surface area (Å²) in [6, 6.07) is 9.62. The number of furan rings is 1. The molecule has 1 aliphatic rings. The van der Waals surface area contributed by atoms with E-state index in [1.807, 2.05) is 0 Å². The third-order valence-electron chi connectivity index (χ3n) is 3.83. The van der Waals surface area contributed by atoms with Crippen molar-refractivity contribution in [2.45, 2.75) is 0 Å². The predicted octanol–water partition coefficient (Wildman–Crippen LogP) is 2.67. The summed E-state index contributed by atoms with van der Waals surface area (Å²) in [5.74, 6) is -0.878. The Hall–Kier alpha value is -3.86. The fourth-order valence-electron chi connectivity index (χ4n) is 2.55. The summed E-state index contributed by atoms with van der Waals surface area (Å²) in [6.45, 7) is 0. The van der Waals surface area contributed by atoms with Crippen LogP contribution in [0.1, 0.15) is 16.1 Å². The van der Waals surface area contributed by atoms with Crippen molar-refractivity contribution in [3.8, 4) is 11.3 Å². The van der Waals surface area contributed by atoms with Gasteiger partial charge >= 0.3 is 5.97 Å². The summed E-state index contributed by atoms with van der Waals surface area (Å²) < 4.78 is 10.2. The van der Waals surface area contributed by atoms with Gasteiger partial charge in [0.25, 0.3) is 5.91 Å². The number of anilines is 2. The van der Waals surface area contributed by atoms with Crippen LogP contribution < -0.4 is 10.6 Å². The van der Waals surface area contributed by atoms with Crippen LogP contribution in [0.15, 0.2) is 50.3 Å². The van der Waals surface area contributed by atoms with E-state index in [9.17, 15) is 9.59 Å². The van der Waals surface area contributed by atoms with Crippen molar-refractivity contribution in [2.24, 2.45) is 0 Å². The summed E-state index contributed by atoms with van der Waals surface area (Å²) in [4.78, 5) is 24.9. The molecular formula is C17H11N5O5S. The molecule has 1 fully saturated rings. The highest BCUT2D eigenvalue weighted by molar-refractivity contribution is 8.19. The number of nitrogens with two attached hydrogens (primary N) is 1. The first kappa shape index (κ1) is 17.5. The van der Waals surface area contributed by atoms with Crippen LogP contribution in [0, 0.1) is 5.41 Å². The summed E-state index contributed by atoms with van der Waals surface area (Å²) in [5, 5.41) is 23.9. The van der Waals surface area contributed by atoms with Gasteiger partial charge in [0.1, 0.15) is 11.5 Å². The molecule has 0 spiro atoms. The fourth-order valence-corrected chi connectivity index (χ4v) is 3.37. The molecule has 2 aromatic heterocycles. The molecule has 140 valence electrons. The molecule has 3 aromatic rings. The first-order valence-electron chi connectivity index (χ1n) is 7.78. The number of hydrogen-bond donors (Lipinski definition) is 3. The highest BCUT2D eigenvalue weighted by atomic mass is 32.2. The molecule has 10 nitrogen and oxygen atoms in total. The zero-order valence-corrected chi connectivity index (χ0v) is 14.8. The standard InChI is InChI=1S/C17H11N5O5S/c18-13-14(21-27-20-13)22-15(23)12(28-17(22)19)7-10-4-5-11(26-10)8-2-1-3-9(6-8)16(24)25/h1-7,19H,(H2,18,20)(H,24,25). The average Bonchev–Trinajstić information content (AvgIpc) is 3.36. The molecule has 0 aliphatic carbocycles. The minimum absolute atomic E-state index is 0.0449. The molecule has 4 rings (SSSR count). The number of carboxylic acid groups (broad SMARTS) is 1. The van der Waals surface area contributed by atoms with Gasteiger partial charge in [-0.05, 0) is 46.3 Å². The number of amidine groups is 1. The fraction of sp³-hybridized carbons (Fsp3) is 0. The minimum Gasteiger partial charge on any atom is -0.478 e. The number of rotatable bonds is 4. The van der Waals surface area contributed by atoms with Crippen molar-refractivity contribution >= 4 is 46.5 Å². The number of amides is 1. The number of hydrogen-bond acceptors (Lipinski definition) is 9.